The third kappa shape index (κ3) is 5.80. The van der Waals surface area contributed by atoms with Gasteiger partial charge in [-0.3, -0.25) is 9.89 Å². The maximum atomic E-state index is 12.3. The van der Waals surface area contributed by atoms with Crippen LogP contribution in [0.4, 0.5) is 10.6 Å². The number of amides is 2. The number of ether oxygens (including phenoxy) is 1. The number of H-pyrrole nitrogens is 1. The van der Waals surface area contributed by atoms with Crippen molar-refractivity contribution in [3.05, 3.63) is 23.7 Å². The molecule has 1 saturated carbocycles. The zero-order valence-electron chi connectivity index (χ0n) is 18.0. The van der Waals surface area contributed by atoms with E-state index in [1.807, 2.05) is 33.8 Å². The quantitative estimate of drug-likeness (QED) is 0.606. The van der Waals surface area contributed by atoms with Crippen molar-refractivity contribution in [1.29, 1.82) is 0 Å². The molecule has 0 aromatic carbocycles. The predicted molar refractivity (Wildman–Crippen MR) is 111 cm³/mol. The first kappa shape index (κ1) is 21.8. The summed E-state index contributed by atoms with van der Waals surface area (Å²) in [5, 5.41) is 20.8. The van der Waals surface area contributed by atoms with Gasteiger partial charge in [-0.15, -0.1) is 5.10 Å². The third-order valence-corrected chi connectivity index (χ3v) is 5.37. The summed E-state index contributed by atoms with van der Waals surface area (Å²) >= 11 is 0. The Kier molecular flexibility index (Phi) is 7.07. The molecule has 30 heavy (non-hydrogen) atoms. The summed E-state index contributed by atoms with van der Waals surface area (Å²) in [6.07, 6.45) is 4.75. The van der Waals surface area contributed by atoms with Crippen LogP contribution in [-0.2, 0) is 16.0 Å². The zero-order valence-corrected chi connectivity index (χ0v) is 18.0. The lowest BCUT2D eigenvalue weighted by atomic mass is 10.0. The summed E-state index contributed by atoms with van der Waals surface area (Å²) in [4.78, 5) is 24.2. The molecular formula is C20H31N7O3. The lowest BCUT2D eigenvalue weighted by molar-refractivity contribution is -0.115. The molecule has 2 heterocycles. The Hall–Kier alpha value is -2.91. The Morgan fingerprint density at radius 1 is 1.33 bits per heavy atom. The van der Waals surface area contributed by atoms with E-state index >= 15 is 0 Å². The molecule has 3 rings (SSSR count). The second-order valence-electron chi connectivity index (χ2n) is 8.21. The van der Waals surface area contributed by atoms with Crippen LogP contribution in [0.3, 0.4) is 0 Å². The highest BCUT2D eigenvalue weighted by Gasteiger charge is 2.30. The van der Waals surface area contributed by atoms with Gasteiger partial charge >= 0.3 is 6.09 Å². The van der Waals surface area contributed by atoms with Crippen LogP contribution in [0.2, 0.25) is 0 Å². The molecule has 1 aliphatic carbocycles. The van der Waals surface area contributed by atoms with E-state index in [2.05, 4.69) is 31.1 Å². The van der Waals surface area contributed by atoms with Gasteiger partial charge in [-0.25, -0.2) is 9.48 Å². The molecule has 2 amide bonds. The molecule has 2 aromatic rings. The highest BCUT2D eigenvalue weighted by Crippen LogP contribution is 2.35. The first-order valence-electron chi connectivity index (χ1n) is 10.6. The van der Waals surface area contributed by atoms with E-state index in [1.165, 1.54) is 0 Å². The molecule has 0 aliphatic heterocycles. The van der Waals surface area contributed by atoms with Crippen molar-refractivity contribution >= 4 is 17.8 Å². The largest absolute Gasteiger partial charge is 0.446 e. The van der Waals surface area contributed by atoms with Crippen molar-refractivity contribution in [3.8, 4) is 0 Å². The number of nitrogens with one attached hydrogen (secondary N) is 3. The second kappa shape index (κ2) is 9.73. The van der Waals surface area contributed by atoms with Gasteiger partial charge in [0.25, 0.3) is 0 Å². The van der Waals surface area contributed by atoms with Gasteiger partial charge in [0.1, 0.15) is 6.10 Å². The van der Waals surface area contributed by atoms with E-state index in [-0.39, 0.29) is 42.5 Å². The summed E-state index contributed by atoms with van der Waals surface area (Å²) in [5.74, 6) is 0.499. The zero-order chi connectivity index (χ0) is 21.7. The summed E-state index contributed by atoms with van der Waals surface area (Å²) < 4.78 is 7.24. The van der Waals surface area contributed by atoms with Crippen LogP contribution in [0, 0.1) is 0 Å². The van der Waals surface area contributed by atoms with E-state index in [0.29, 0.717) is 11.5 Å². The number of rotatable bonds is 8. The van der Waals surface area contributed by atoms with E-state index in [0.717, 1.165) is 31.4 Å². The fraction of sp³-hybridized carbons (Fsp3) is 0.650. The number of alkyl carbamates (subject to hydrolysis) is 1. The molecule has 10 nitrogen and oxygen atoms in total. The molecule has 0 radical (unpaired) electrons. The van der Waals surface area contributed by atoms with Crippen molar-refractivity contribution in [1.82, 2.24) is 30.5 Å². The number of aromatic amines is 1. The minimum Gasteiger partial charge on any atom is -0.446 e. The van der Waals surface area contributed by atoms with Gasteiger partial charge < -0.3 is 15.4 Å². The van der Waals surface area contributed by atoms with Crippen LogP contribution >= 0.6 is 0 Å². The SMILES string of the molecule is CC[C@H](C)NC(=O)O[C@@H]1CC[C@H](c2cc(NC(=O)Cc3cn(C(C)C)nn3)n[nH]2)C1. The van der Waals surface area contributed by atoms with Crippen molar-refractivity contribution in [3.63, 3.8) is 0 Å². The van der Waals surface area contributed by atoms with Gasteiger partial charge in [0, 0.05) is 36.0 Å². The Morgan fingerprint density at radius 2 is 2.13 bits per heavy atom. The second-order valence-corrected chi connectivity index (χ2v) is 8.21. The summed E-state index contributed by atoms with van der Waals surface area (Å²) in [7, 11) is 0. The summed E-state index contributed by atoms with van der Waals surface area (Å²) in [6.45, 7) is 7.97. The number of carbonyl (C=O) groups is 2. The number of hydrogen-bond donors (Lipinski definition) is 3. The van der Waals surface area contributed by atoms with Crippen molar-refractivity contribution in [2.24, 2.45) is 0 Å². The monoisotopic (exact) mass is 417 g/mol. The molecule has 10 heteroatoms. The topological polar surface area (TPSA) is 127 Å². The summed E-state index contributed by atoms with van der Waals surface area (Å²) in [6, 6.07) is 2.14. The molecule has 164 valence electrons. The van der Waals surface area contributed by atoms with Gasteiger partial charge in [0.15, 0.2) is 5.82 Å². The number of nitrogens with zero attached hydrogens (tertiary/aromatic N) is 4. The molecule has 0 spiro atoms. The average molecular weight is 418 g/mol. The van der Waals surface area contributed by atoms with Gasteiger partial charge in [-0.05, 0) is 46.5 Å². The van der Waals surface area contributed by atoms with Gasteiger partial charge in [0.2, 0.25) is 5.91 Å². The molecule has 3 N–H and O–H groups in total. The maximum Gasteiger partial charge on any atom is 0.407 e. The number of aromatic nitrogens is 5. The number of anilines is 1. The van der Waals surface area contributed by atoms with E-state index < -0.39 is 0 Å². The molecule has 0 unspecified atom stereocenters. The third-order valence-electron chi connectivity index (χ3n) is 5.37. The average Bonchev–Trinajstić information content (AvgIpc) is 3.42. The van der Waals surface area contributed by atoms with Crippen molar-refractivity contribution in [2.45, 2.75) is 83.9 Å². The van der Waals surface area contributed by atoms with E-state index in [9.17, 15) is 9.59 Å². The van der Waals surface area contributed by atoms with Crippen molar-refractivity contribution < 1.29 is 14.3 Å². The number of carbonyl (C=O) groups excluding carboxylic acids is 2. The normalized spacial score (nSPS) is 19.6. The van der Waals surface area contributed by atoms with Crippen LogP contribution in [0.5, 0.6) is 0 Å². The molecule has 1 fully saturated rings. The Morgan fingerprint density at radius 3 is 2.83 bits per heavy atom. The smallest absolute Gasteiger partial charge is 0.407 e. The first-order valence-corrected chi connectivity index (χ1v) is 10.6. The number of hydrogen-bond acceptors (Lipinski definition) is 6. The van der Waals surface area contributed by atoms with Crippen molar-refractivity contribution in [2.75, 3.05) is 5.32 Å². The van der Waals surface area contributed by atoms with Crippen LogP contribution in [-0.4, -0.2) is 49.3 Å². The highest BCUT2D eigenvalue weighted by molar-refractivity contribution is 5.91. The molecule has 0 bridgehead atoms. The predicted octanol–water partition coefficient (Wildman–Crippen LogP) is 2.92. The molecular weight excluding hydrogens is 386 g/mol. The first-order chi connectivity index (χ1) is 14.3. The minimum atomic E-state index is -0.359. The van der Waals surface area contributed by atoms with Gasteiger partial charge in [0.05, 0.1) is 12.1 Å². The Bertz CT molecular complexity index is 860. The lowest BCUT2D eigenvalue weighted by Gasteiger charge is -2.16. The molecule has 0 saturated heterocycles. The summed E-state index contributed by atoms with van der Waals surface area (Å²) in [5.41, 5.74) is 1.55. The lowest BCUT2D eigenvalue weighted by Crippen LogP contribution is -2.34. The Labute approximate surface area is 176 Å². The maximum absolute atomic E-state index is 12.3. The minimum absolute atomic E-state index is 0.100. The fourth-order valence-corrected chi connectivity index (χ4v) is 3.43. The molecule has 1 aliphatic rings. The Balaban J connectivity index is 1.47. The standard InChI is InChI=1S/C20H31N7O3/c1-5-13(4)21-20(29)30-16-7-6-14(8-16)17-10-18(25-24-17)22-19(28)9-15-11-27(12(2)3)26-23-15/h10-14,16H,5-9H2,1-4H3,(H,21,29)(H2,22,24,25,28)/t13-,14-,16+/m0/s1. The van der Waals surface area contributed by atoms with Crippen LogP contribution < -0.4 is 10.6 Å². The van der Waals surface area contributed by atoms with E-state index in [1.54, 1.807) is 10.9 Å². The fourth-order valence-electron chi connectivity index (χ4n) is 3.43. The van der Waals surface area contributed by atoms with Crippen LogP contribution in [0.1, 0.15) is 76.7 Å². The molecule has 3 atom stereocenters. The molecule has 2 aromatic heterocycles. The van der Waals surface area contributed by atoms with Crippen LogP contribution in [0.25, 0.3) is 0 Å². The van der Waals surface area contributed by atoms with Gasteiger partial charge in [-0.2, -0.15) is 5.10 Å². The van der Waals surface area contributed by atoms with Crippen LogP contribution in [0.15, 0.2) is 12.3 Å². The van der Waals surface area contributed by atoms with E-state index in [4.69, 9.17) is 4.74 Å². The van der Waals surface area contributed by atoms with Gasteiger partial charge in [-0.1, -0.05) is 12.1 Å². The highest BCUT2D eigenvalue weighted by atomic mass is 16.6.